The summed E-state index contributed by atoms with van der Waals surface area (Å²) in [5.74, 6) is 0.183. The fraction of sp³-hybridized carbons (Fsp3) is 0.500. The Balaban J connectivity index is 0.000000291. The second-order valence-corrected chi connectivity index (χ2v) is 11.8. The Hall–Kier alpha value is -2.39. The second kappa shape index (κ2) is 20.6. The molecule has 0 aliphatic heterocycles. The molecule has 2 aromatic rings. The van der Waals surface area contributed by atoms with Crippen molar-refractivity contribution in [3.63, 3.8) is 0 Å². The number of allylic oxidation sites excluding steroid dienone is 2. The molecule has 0 aromatic heterocycles. The molecule has 2 aliphatic carbocycles. The van der Waals surface area contributed by atoms with E-state index in [-0.39, 0.29) is 35.1 Å². The van der Waals surface area contributed by atoms with Crippen LogP contribution < -0.4 is 0 Å². The van der Waals surface area contributed by atoms with Crippen molar-refractivity contribution in [2.75, 3.05) is 60.9 Å². The number of carbonyl (C=O) groups is 2. The Morgan fingerprint density at radius 2 is 1.45 bits per heavy atom. The fourth-order valence-electron chi connectivity index (χ4n) is 5.28. The van der Waals surface area contributed by atoms with Gasteiger partial charge in [-0.25, -0.2) is 0 Å². The number of hydrogen-bond acceptors (Lipinski definition) is 7. The summed E-state index contributed by atoms with van der Waals surface area (Å²) >= 11 is 3.35. The second-order valence-electron chi connectivity index (χ2n) is 11.8. The van der Waals surface area contributed by atoms with Crippen molar-refractivity contribution in [3.05, 3.63) is 88.4 Å². The third-order valence-electron chi connectivity index (χ3n) is 7.80. The van der Waals surface area contributed by atoms with Gasteiger partial charge < -0.3 is 25.3 Å². The minimum absolute atomic E-state index is 0.0267. The molecule has 8 nitrogen and oxygen atoms in total. The monoisotopic (exact) mass is 668 g/mol. The average Bonchev–Trinajstić information content (AvgIpc) is 3.01. The van der Waals surface area contributed by atoms with Crippen molar-refractivity contribution < 1.29 is 34.4 Å². The molecule has 0 heterocycles. The van der Waals surface area contributed by atoms with Gasteiger partial charge in [0.1, 0.15) is 11.5 Å². The van der Waals surface area contributed by atoms with Gasteiger partial charge in [0, 0.05) is 37.9 Å². The molecule has 44 heavy (non-hydrogen) atoms. The number of Topliss-reactive ketones (excluding diaryl/α,β-unsaturated/α-hetero) is 2. The van der Waals surface area contributed by atoms with E-state index < -0.39 is 6.10 Å². The van der Waals surface area contributed by atoms with Gasteiger partial charge in [0.05, 0.1) is 18.2 Å². The first-order valence-electron chi connectivity index (χ1n) is 15.0. The summed E-state index contributed by atoms with van der Waals surface area (Å²) in [6.45, 7) is 3.50. The number of nitrogens with zero attached hydrogens (tertiary/aromatic N) is 4. The standard InChI is InChI=1S/C17H25N2O2.C17H22N2O2.ClH.Ni/c2*1-19(2)9-8-18-12-15-16(20)10-14(11-17(15)21)13-6-4-3-5-7-13;;/h3-7,14-16,20H,8-12H2,1-2H3;3-7,12,14,20H,8-11H2,1-2H3;1H;/q-1;;;+1/p-1. The molecule has 245 valence electrons. The molecule has 2 aromatic carbocycles. The minimum atomic E-state index is -0.570. The van der Waals surface area contributed by atoms with Crippen molar-refractivity contribution >= 4 is 28.0 Å². The molecule has 0 bridgehead atoms. The Morgan fingerprint density at radius 1 is 0.886 bits per heavy atom. The normalized spacial score (nSPS) is 22.1. The maximum absolute atomic E-state index is 12.3. The van der Waals surface area contributed by atoms with Gasteiger partial charge in [0.2, 0.25) is 0 Å². The van der Waals surface area contributed by atoms with Crippen LogP contribution in [-0.4, -0.2) is 105 Å². The molecular weight excluding hydrogens is 623 g/mol. The van der Waals surface area contributed by atoms with Crippen LogP contribution in [0.15, 0.2) is 77.0 Å². The molecule has 0 radical (unpaired) electrons. The van der Waals surface area contributed by atoms with E-state index in [2.05, 4.69) is 40.0 Å². The molecule has 4 rings (SSSR count). The first-order chi connectivity index (χ1) is 21.2. The number of aliphatic imine (C=N–C) groups is 1. The fourth-order valence-corrected chi connectivity index (χ4v) is 5.28. The van der Waals surface area contributed by atoms with E-state index >= 15 is 0 Å². The summed E-state index contributed by atoms with van der Waals surface area (Å²) in [6, 6.07) is 19.9. The summed E-state index contributed by atoms with van der Waals surface area (Å²) in [5.41, 5.74) is 2.62. The van der Waals surface area contributed by atoms with E-state index in [1.54, 1.807) is 0 Å². The van der Waals surface area contributed by atoms with Crippen LogP contribution in [0.3, 0.4) is 0 Å². The number of rotatable bonds is 11. The van der Waals surface area contributed by atoms with Crippen LogP contribution in [0, 0.1) is 5.92 Å². The van der Waals surface area contributed by atoms with Gasteiger partial charge in [-0.05, 0) is 64.1 Å². The molecule has 2 aliphatic rings. The van der Waals surface area contributed by atoms with Gasteiger partial charge in [0.25, 0.3) is 0 Å². The zero-order valence-corrected chi connectivity index (χ0v) is 28.0. The molecule has 1 fully saturated rings. The summed E-state index contributed by atoms with van der Waals surface area (Å²) in [6.07, 6.45) is 3.08. The van der Waals surface area contributed by atoms with E-state index in [0.29, 0.717) is 50.9 Å². The Bertz CT molecular complexity index is 1190. The summed E-state index contributed by atoms with van der Waals surface area (Å²) < 4.78 is 0. The van der Waals surface area contributed by atoms with Gasteiger partial charge in [-0.3, -0.25) is 14.6 Å². The van der Waals surface area contributed by atoms with Crippen LogP contribution >= 0.6 is 10.2 Å². The third-order valence-corrected chi connectivity index (χ3v) is 7.80. The summed E-state index contributed by atoms with van der Waals surface area (Å²) in [7, 11) is 12.2. The number of halogens is 1. The van der Waals surface area contributed by atoms with Gasteiger partial charge in [0.15, 0.2) is 5.78 Å². The SMILES string of the molecule is CN(C)CCN=CC1=C(O)CC(c2ccccc2)CC1=O.CN(C)CC[N-]CC1C(=O)CC(c2ccccc2)CC1O.[Cl][Ni]. The van der Waals surface area contributed by atoms with E-state index in [1.165, 1.54) is 6.21 Å². The van der Waals surface area contributed by atoms with E-state index in [0.717, 1.165) is 24.2 Å². The van der Waals surface area contributed by atoms with Crippen LogP contribution in [0.25, 0.3) is 5.32 Å². The predicted molar refractivity (Wildman–Crippen MR) is 175 cm³/mol. The van der Waals surface area contributed by atoms with Crippen LogP contribution in [0.5, 0.6) is 0 Å². The number of likely N-dealkylation sites (N-methyl/N-ethyl adjacent to an activating group) is 2. The van der Waals surface area contributed by atoms with E-state index in [1.807, 2.05) is 93.8 Å². The van der Waals surface area contributed by atoms with Crippen LogP contribution in [-0.2, 0) is 24.2 Å². The summed E-state index contributed by atoms with van der Waals surface area (Å²) in [4.78, 5) is 32.8. The molecule has 10 heteroatoms. The third kappa shape index (κ3) is 12.9. The number of carbonyl (C=O) groups excluding carboxylic acids is 2. The van der Waals surface area contributed by atoms with Crippen LogP contribution in [0.4, 0.5) is 0 Å². The first kappa shape index (κ1) is 37.8. The number of aliphatic hydroxyl groups is 2. The van der Waals surface area contributed by atoms with E-state index in [4.69, 9.17) is 0 Å². The van der Waals surface area contributed by atoms with Crippen LogP contribution in [0.1, 0.15) is 48.6 Å². The number of benzene rings is 2. The number of hydrogen-bond donors (Lipinski definition) is 2. The molecule has 4 unspecified atom stereocenters. The molecule has 0 saturated heterocycles. The number of aliphatic hydroxyl groups excluding tert-OH is 2. The van der Waals surface area contributed by atoms with Crippen molar-refractivity contribution in [2.45, 2.75) is 43.6 Å². The van der Waals surface area contributed by atoms with Gasteiger partial charge >= 0.3 is 24.8 Å². The Morgan fingerprint density at radius 3 is 1.98 bits per heavy atom. The van der Waals surface area contributed by atoms with Crippen molar-refractivity contribution in [1.29, 1.82) is 0 Å². The Labute approximate surface area is 275 Å². The zero-order chi connectivity index (χ0) is 32.5. The van der Waals surface area contributed by atoms with Crippen molar-refractivity contribution in [2.24, 2.45) is 10.9 Å². The number of ketones is 2. The Kier molecular flexibility index (Phi) is 17.7. The maximum atomic E-state index is 12.3. The molecule has 0 spiro atoms. The van der Waals surface area contributed by atoms with Crippen molar-refractivity contribution in [1.82, 2.24) is 9.80 Å². The molecular formula is C34H47ClN4NiO4-. The van der Waals surface area contributed by atoms with Gasteiger partial charge in [-0.2, -0.15) is 0 Å². The molecule has 4 atom stereocenters. The predicted octanol–water partition coefficient (Wildman–Crippen LogP) is 5.31. The van der Waals surface area contributed by atoms with Gasteiger partial charge in [-0.1, -0.05) is 60.7 Å². The quantitative estimate of drug-likeness (QED) is 0.191. The summed E-state index contributed by atoms with van der Waals surface area (Å²) in [5, 5.41) is 24.8. The van der Waals surface area contributed by atoms with Crippen LogP contribution in [0.2, 0.25) is 0 Å². The molecule has 1 saturated carbocycles. The van der Waals surface area contributed by atoms with E-state index in [9.17, 15) is 19.8 Å². The molecule has 2 N–H and O–H groups in total. The average molecular weight is 670 g/mol. The molecule has 0 amide bonds. The van der Waals surface area contributed by atoms with Crippen molar-refractivity contribution in [3.8, 4) is 0 Å². The topological polar surface area (TPSA) is 108 Å². The van der Waals surface area contributed by atoms with Gasteiger partial charge in [-0.15, -0.1) is 13.1 Å². The first-order valence-corrected chi connectivity index (χ1v) is 16.3. The zero-order valence-electron chi connectivity index (χ0n) is 26.2.